The van der Waals surface area contributed by atoms with E-state index >= 15 is 0 Å². The maximum atomic E-state index is 13.1. The van der Waals surface area contributed by atoms with Crippen LogP contribution in [0.4, 0.5) is 14.9 Å². The standard InChI is InChI=1S/C21H26FN3O2/c1-5-25(6-2)19(26)15-7-13-18(14-8-15)23-20(27)24-21(3,4)16-9-11-17(22)12-10-16/h7-14H,5-6H2,1-4H3,(H2,23,24,27). The van der Waals surface area contributed by atoms with E-state index in [4.69, 9.17) is 0 Å². The monoisotopic (exact) mass is 371 g/mol. The molecule has 0 atom stereocenters. The molecule has 27 heavy (non-hydrogen) atoms. The average molecular weight is 371 g/mol. The molecule has 2 aromatic carbocycles. The summed E-state index contributed by atoms with van der Waals surface area (Å²) in [4.78, 5) is 26.4. The number of carbonyl (C=O) groups is 2. The van der Waals surface area contributed by atoms with Gasteiger partial charge >= 0.3 is 6.03 Å². The lowest BCUT2D eigenvalue weighted by Gasteiger charge is -2.27. The van der Waals surface area contributed by atoms with Crippen molar-refractivity contribution in [3.05, 3.63) is 65.5 Å². The minimum Gasteiger partial charge on any atom is -0.339 e. The van der Waals surface area contributed by atoms with Crippen LogP contribution in [0.1, 0.15) is 43.6 Å². The van der Waals surface area contributed by atoms with Gasteiger partial charge in [-0.15, -0.1) is 0 Å². The van der Waals surface area contributed by atoms with Crippen molar-refractivity contribution in [1.29, 1.82) is 0 Å². The van der Waals surface area contributed by atoms with Crippen LogP contribution in [0.2, 0.25) is 0 Å². The van der Waals surface area contributed by atoms with Crippen molar-refractivity contribution in [2.45, 2.75) is 33.2 Å². The van der Waals surface area contributed by atoms with Crippen molar-refractivity contribution in [3.8, 4) is 0 Å². The van der Waals surface area contributed by atoms with Gasteiger partial charge in [0.05, 0.1) is 5.54 Å². The first kappa shape index (κ1) is 20.4. The van der Waals surface area contributed by atoms with E-state index in [9.17, 15) is 14.0 Å². The van der Waals surface area contributed by atoms with Gasteiger partial charge in [-0.3, -0.25) is 4.79 Å². The second-order valence-corrected chi connectivity index (χ2v) is 6.77. The van der Waals surface area contributed by atoms with Crippen molar-refractivity contribution in [3.63, 3.8) is 0 Å². The second kappa shape index (κ2) is 8.66. The van der Waals surface area contributed by atoms with Crippen molar-refractivity contribution in [1.82, 2.24) is 10.2 Å². The highest BCUT2D eigenvalue weighted by Crippen LogP contribution is 2.20. The highest BCUT2D eigenvalue weighted by atomic mass is 19.1. The molecular formula is C21H26FN3O2. The van der Waals surface area contributed by atoms with Crippen molar-refractivity contribution < 1.29 is 14.0 Å². The fourth-order valence-electron chi connectivity index (χ4n) is 2.77. The molecule has 0 saturated carbocycles. The zero-order valence-electron chi connectivity index (χ0n) is 16.2. The summed E-state index contributed by atoms with van der Waals surface area (Å²) < 4.78 is 13.1. The second-order valence-electron chi connectivity index (χ2n) is 6.77. The molecule has 144 valence electrons. The number of anilines is 1. The number of carbonyl (C=O) groups excluding carboxylic acids is 2. The molecule has 3 amide bonds. The number of halogens is 1. The Labute approximate surface area is 159 Å². The number of rotatable bonds is 6. The van der Waals surface area contributed by atoms with Crippen LogP contribution in [0, 0.1) is 5.82 Å². The van der Waals surface area contributed by atoms with Gasteiger partial charge in [0.1, 0.15) is 5.82 Å². The summed E-state index contributed by atoms with van der Waals surface area (Å²) in [6.07, 6.45) is 0. The first-order valence-corrected chi connectivity index (χ1v) is 9.01. The Hall–Kier alpha value is -2.89. The molecule has 0 bridgehead atoms. The molecule has 0 aliphatic heterocycles. The van der Waals surface area contributed by atoms with Crippen LogP contribution >= 0.6 is 0 Å². The summed E-state index contributed by atoms with van der Waals surface area (Å²) in [6, 6.07) is 12.4. The lowest BCUT2D eigenvalue weighted by atomic mass is 9.94. The summed E-state index contributed by atoms with van der Waals surface area (Å²) in [5, 5.41) is 5.62. The van der Waals surface area contributed by atoms with E-state index in [2.05, 4.69) is 10.6 Å². The average Bonchev–Trinajstić information content (AvgIpc) is 2.63. The largest absolute Gasteiger partial charge is 0.339 e. The summed E-state index contributed by atoms with van der Waals surface area (Å²) in [6.45, 7) is 8.85. The Morgan fingerprint density at radius 1 is 0.963 bits per heavy atom. The fraction of sp³-hybridized carbons (Fsp3) is 0.333. The predicted octanol–water partition coefficient (Wildman–Crippen LogP) is 4.36. The fourth-order valence-corrected chi connectivity index (χ4v) is 2.77. The number of nitrogens with one attached hydrogen (secondary N) is 2. The maximum Gasteiger partial charge on any atom is 0.319 e. The number of hydrogen-bond acceptors (Lipinski definition) is 2. The van der Waals surface area contributed by atoms with E-state index in [1.54, 1.807) is 41.3 Å². The molecule has 2 rings (SSSR count). The summed E-state index contributed by atoms with van der Waals surface area (Å²) in [5.41, 5.74) is 1.28. The number of urea groups is 1. The molecule has 2 N–H and O–H groups in total. The van der Waals surface area contributed by atoms with Crippen molar-refractivity contribution >= 4 is 17.6 Å². The normalized spacial score (nSPS) is 11.0. The summed E-state index contributed by atoms with van der Waals surface area (Å²) in [7, 11) is 0. The smallest absolute Gasteiger partial charge is 0.319 e. The molecule has 0 aliphatic carbocycles. The molecular weight excluding hydrogens is 345 g/mol. The van der Waals surface area contributed by atoms with Gasteiger partial charge in [-0.2, -0.15) is 0 Å². The number of amides is 3. The Morgan fingerprint density at radius 3 is 2.04 bits per heavy atom. The van der Waals surface area contributed by atoms with Crippen LogP contribution in [0.15, 0.2) is 48.5 Å². The zero-order valence-corrected chi connectivity index (χ0v) is 16.2. The van der Waals surface area contributed by atoms with Crippen molar-refractivity contribution in [2.24, 2.45) is 0 Å². The van der Waals surface area contributed by atoms with Gasteiger partial charge in [-0.25, -0.2) is 9.18 Å². The molecule has 0 unspecified atom stereocenters. The molecule has 0 saturated heterocycles. The third-order valence-electron chi connectivity index (χ3n) is 4.43. The molecule has 5 nitrogen and oxygen atoms in total. The lowest BCUT2D eigenvalue weighted by Crippen LogP contribution is -2.43. The molecule has 2 aromatic rings. The number of benzene rings is 2. The molecule has 0 radical (unpaired) electrons. The predicted molar refractivity (Wildman–Crippen MR) is 105 cm³/mol. The Kier molecular flexibility index (Phi) is 6.55. The summed E-state index contributed by atoms with van der Waals surface area (Å²) in [5.74, 6) is -0.355. The molecule has 0 aliphatic rings. The molecule has 0 fully saturated rings. The highest BCUT2D eigenvalue weighted by molar-refractivity contribution is 5.95. The molecule has 0 heterocycles. The SMILES string of the molecule is CCN(CC)C(=O)c1ccc(NC(=O)NC(C)(C)c2ccc(F)cc2)cc1. The highest BCUT2D eigenvalue weighted by Gasteiger charge is 2.23. The van der Waals surface area contributed by atoms with Gasteiger partial charge < -0.3 is 15.5 Å². The minimum atomic E-state index is -0.670. The van der Waals surface area contributed by atoms with Crippen LogP contribution in [0.5, 0.6) is 0 Å². The maximum absolute atomic E-state index is 13.1. The van der Waals surface area contributed by atoms with Gasteiger partial charge in [0.2, 0.25) is 0 Å². The van der Waals surface area contributed by atoms with Gasteiger partial charge in [-0.1, -0.05) is 12.1 Å². The Bertz CT molecular complexity index is 782. The first-order valence-electron chi connectivity index (χ1n) is 9.01. The van der Waals surface area contributed by atoms with Crippen molar-refractivity contribution in [2.75, 3.05) is 18.4 Å². The molecule has 6 heteroatoms. The van der Waals surface area contributed by atoms with Crippen LogP contribution in [-0.2, 0) is 5.54 Å². The minimum absolute atomic E-state index is 0.0338. The Morgan fingerprint density at radius 2 is 1.52 bits per heavy atom. The van der Waals surface area contributed by atoms with E-state index in [0.29, 0.717) is 24.3 Å². The van der Waals surface area contributed by atoms with E-state index in [-0.39, 0.29) is 17.8 Å². The van der Waals surface area contributed by atoms with Gasteiger partial charge in [-0.05, 0) is 69.7 Å². The lowest BCUT2D eigenvalue weighted by molar-refractivity contribution is 0.0773. The van der Waals surface area contributed by atoms with Gasteiger partial charge in [0.25, 0.3) is 5.91 Å². The van der Waals surface area contributed by atoms with E-state index in [1.165, 1.54) is 12.1 Å². The third kappa shape index (κ3) is 5.29. The van der Waals surface area contributed by atoms with Gasteiger partial charge in [0, 0.05) is 24.3 Å². The van der Waals surface area contributed by atoms with E-state index < -0.39 is 5.54 Å². The van der Waals surface area contributed by atoms with Crippen LogP contribution in [0.25, 0.3) is 0 Å². The molecule has 0 aromatic heterocycles. The van der Waals surface area contributed by atoms with Gasteiger partial charge in [0.15, 0.2) is 0 Å². The van der Waals surface area contributed by atoms with E-state index in [1.807, 2.05) is 27.7 Å². The van der Waals surface area contributed by atoms with Crippen LogP contribution < -0.4 is 10.6 Å². The molecule has 0 spiro atoms. The number of hydrogen-bond donors (Lipinski definition) is 2. The first-order chi connectivity index (χ1) is 12.8. The number of nitrogens with zero attached hydrogens (tertiary/aromatic N) is 1. The Balaban J connectivity index is 2.01. The summed E-state index contributed by atoms with van der Waals surface area (Å²) >= 11 is 0. The van der Waals surface area contributed by atoms with E-state index in [0.717, 1.165) is 5.56 Å². The third-order valence-corrected chi connectivity index (χ3v) is 4.43. The van der Waals surface area contributed by atoms with Crippen LogP contribution in [0.3, 0.4) is 0 Å². The topological polar surface area (TPSA) is 61.4 Å². The zero-order chi connectivity index (χ0) is 20.0. The quantitative estimate of drug-likeness (QED) is 0.792. The van der Waals surface area contributed by atoms with Crippen LogP contribution in [-0.4, -0.2) is 29.9 Å².